The molecule has 2 rings (SSSR count). The monoisotopic (exact) mass is 311 g/mol. The fraction of sp³-hybridized carbons (Fsp3) is 0.467. The van der Waals surface area contributed by atoms with Crippen molar-refractivity contribution in [3.05, 3.63) is 35.4 Å². The van der Waals surface area contributed by atoms with Crippen LogP contribution in [0.2, 0.25) is 0 Å². The highest BCUT2D eigenvalue weighted by molar-refractivity contribution is 5.99. The third kappa shape index (κ3) is 3.95. The van der Waals surface area contributed by atoms with Crippen molar-refractivity contribution in [1.29, 1.82) is 0 Å². The van der Waals surface area contributed by atoms with Gasteiger partial charge in [0.05, 0.1) is 0 Å². The molecule has 2 amide bonds. The predicted molar refractivity (Wildman–Crippen MR) is 84.5 cm³/mol. The first-order valence-electron chi connectivity index (χ1n) is 6.97. The van der Waals surface area contributed by atoms with Crippen LogP contribution in [0.15, 0.2) is 24.3 Å². The summed E-state index contributed by atoms with van der Waals surface area (Å²) in [4.78, 5) is 25.6. The van der Waals surface area contributed by atoms with Gasteiger partial charge in [0.15, 0.2) is 0 Å². The van der Waals surface area contributed by atoms with Crippen molar-refractivity contribution in [3.8, 4) is 0 Å². The van der Waals surface area contributed by atoms with Gasteiger partial charge in [-0.2, -0.15) is 0 Å². The summed E-state index contributed by atoms with van der Waals surface area (Å²) in [5.41, 5.74) is 12.1. The quantitative estimate of drug-likeness (QED) is 0.887. The van der Waals surface area contributed by atoms with Crippen molar-refractivity contribution in [1.82, 2.24) is 4.90 Å². The maximum atomic E-state index is 12.6. The zero-order valence-electron chi connectivity index (χ0n) is 12.1. The Labute approximate surface area is 131 Å². The number of carbonyl (C=O) groups is 2. The molecule has 0 aliphatic carbocycles. The van der Waals surface area contributed by atoms with Gasteiger partial charge in [0.1, 0.15) is 0 Å². The van der Waals surface area contributed by atoms with Crippen LogP contribution in [0.25, 0.3) is 0 Å². The number of piperidine rings is 1. The number of nitrogens with zero attached hydrogens (tertiary/aromatic N) is 1. The van der Waals surface area contributed by atoms with E-state index in [1.807, 2.05) is 11.8 Å². The topological polar surface area (TPSA) is 89.4 Å². The molecule has 4 N–H and O–H groups in total. The van der Waals surface area contributed by atoms with Crippen molar-refractivity contribution < 1.29 is 9.59 Å². The Bertz CT molecular complexity index is 519. The van der Waals surface area contributed by atoms with Crippen LogP contribution in [-0.4, -0.2) is 35.3 Å². The van der Waals surface area contributed by atoms with Crippen LogP contribution in [0.5, 0.6) is 0 Å². The molecule has 2 atom stereocenters. The molecule has 0 aromatic heterocycles. The summed E-state index contributed by atoms with van der Waals surface area (Å²) in [5.74, 6) is -0.600. The van der Waals surface area contributed by atoms with E-state index in [2.05, 4.69) is 0 Å². The minimum atomic E-state index is -0.526. The van der Waals surface area contributed by atoms with Crippen LogP contribution < -0.4 is 11.5 Å². The Morgan fingerprint density at radius 1 is 1.29 bits per heavy atom. The summed E-state index contributed by atoms with van der Waals surface area (Å²) in [5, 5.41) is 0. The normalized spacial score (nSPS) is 19.5. The summed E-state index contributed by atoms with van der Waals surface area (Å²) in [6, 6.07) is 6.56. The molecule has 116 valence electrons. The SMILES string of the molecule is CC(N)C1CCCCN1C(=O)c1cccc(C(N)=O)c1.Cl. The van der Waals surface area contributed by atoms with Gasteiger partial charge in [0.25, 0.3) is 5.91 Å². The Hall–Kier alpha value is -1.59. The summed E-state index contributed by atoms with van der Waals surface area (Å²) >= 11 is 0. The molecule has 0 saturated carbocycles. The van der Waals surface area contributed by atoms with Gasteiger partial charge < -0.3 is 16.4 Å². The van der Waals surface area contributed by atoms with E-state index < -0.39 is 5.91 Å². The molecule has 6 heteroatoms. The van der Waals surface area contributed by atoms with Gasteiger partial charge in [-0.05, 0) is 44.4 Å². The van der Waals surface area contributed by atoms with E-state index in [1.54, 1.807) is 24.3 Å². The lowest BCUT2D eigenvalue weighted by molar-refractivity contribution is 0.0584. The number of rotatable bonds is 3. The number of likely N-dealkylation sites (tertiary alicyclic amines) is 1. The van der Waals surface area contributed by atoms with E-state index >= 15 is 0 Å². The molecular weight excluding hydrogens is 290 g/mol. The smallest absolute Gasteiger partial charge is 0.254 e. The fourth-order valence-corrected chi connectivity index (χ4v) is 2.73. The molecular formula is C15H22ClN3O2. The first kappa shape index (κ1) is 17.5. The van der Waals surface area contributed by atoms with E-state index in [4.69, 9.17) is 11.5 Å². The van der Waals surface area contributed by atoms with E-state index in [9.17, 15) is 9.59 Å². The predicted octanol–water partition coefficient (Wildman–Crippen LogP) is 1.55. The number of benzene rings is 1. The first-order chi connectivity index (χ1) is 9.50. The van der Waals surface area contributed by atoms with E-state index in [0.29, 0.717) is 17.7 Å². The second-order valence-electron chi connectivity index (χ2n) is 5.37. The van der Waals surface area contributed by atoms with Crippen molar-refractivity contribution >= 4 is 24.2 Å². The van der Waals surface area contributed by atoms with Crippen molar-refractivity contribution in [2.24, 2.45) is 11.5 Å². The van der Waals surface area contributed by atoms with Crippen molar-refractivity contribution in [3.63, 3.8) is 0 Å². The molecule has 1 saturated heterocycles. The van der Waals surface area contributed by atoms with Crippen LogP contribution in [0.4, 0.5) is 0 Å². The van der Waals surface area contributed by atoms with Gasteiger partial charge >= 0.3 is 0 Å². The molecule has 1 aromatic rings. The minimum Gasteiger partial charge on any atom is -0.366 e. The number of halogens is 1. The highest BCUT2D eigenvalue weighted by Crippen LogP contribution is 2.21. The summed E-state index contributed by atoms with van der Waals surface area (Å²) in [6.45, 7) is 2.64. The lowest BCUT2D eigenvalue weighted by Gasteiger charge is -2.38. The second-order valence-corrected chi connectivity index (χ2v) is 5.37. The largest absolute Gasteiger partial charge is 0.366 e. The van der Waals surface area contributed by atoms with Crippen LogP contribution >= 0.6 is 12.4 Å². The Kier molecular flexibility index (Phi) is 6.18. The highest BCUT2D eigenvalue weighted by atomic mass is 35.5. The van der Waals surface area contributed by atoms with Crippen LogP contribution in [0.1, 0.15) is 46.9 Å². The zero-order valence-corrected chi connectivity index (χ0v) is 12.9. The zero-order chi connectivity index (χ0) is 14.7. The van der Waals surface area contributed by atoms with Gasteiger partial charge in [-0.3, -0.25) is 9.59 Å². The van der Waals surface area contributed by atoms with Crippen LogP contribution in [-0.2, 0) is 0 Å². The standard InChI is InChI=1S/C15H21N3O2.ClH/c1-10(16)13-7-2-3-8-18(13)15(20)12-6-4-5-11(9-12)14(17)19;/h4-6,9-10,13H,2-3,7-8,16H2,1H3,(H2,17,19);1H. The number of amides is 2. The van der Waals surface area contributed by atoms with Gasteiger partial charge in [-0.25, -0.2) is 0 Å². The maximum Gasteiger partial charge on any atom is 0.254 e. The average molecular weight is 312 g/mol. The van der Waals surface area contributed by atoms with E-state index in [0.717, 1.165) is 19.3 Å². The average Bonchev–Trinajstić information content (AvgIpc) is 2.46. The highest BCUT2D eigenvalue weighted by Gasteiger charge is 2.29. The Morgan fingerprint density at radius 3 is 2.57 bits per heavy atom. The Morgan fingerprint density at radius 2 is 1.95 bits per heavy atom. The second kappa shape index (κ2) is 7.43. The molecule has 1 aliphatic heterocycles. The third-order valence-corrected chi connectivity index (χ3v) is 3.81. The van der Waals surface area contributed by atoms with Gasteiger partial charge in [0, 0.05) is 29.8 Å². The Balaban J connectivity index is 0.00000220. The molecule has 1 fully saturated rings. The summed E-state index contributed by atoms with van der Waals surface area (Å²) in [7, 11) is 0. The molecule has 0 spiro atoms. The van der Waals surface area contributed by atoms with E-state index in [1.165, 1.54) is 0 Å². The molecule has 1 aromatic carbocycles. The van der Waals surface area contributed by atoms with Gasteiger partial charge in [-0.15, -0.1) is 12.4 Å². The van der Waals surface area contributed by atoms with Crippen LogP contribution in [0.3, 0.4) is 0 Å². The fourth-order valence-electron chi connectivity index (χ4n) is 2.73. The number of nitrogens with two attached hydrogens (primary N) is 2. The molecule has 0 radical (unpaired) electrons. The number of primary amides is 1. The number of hydrogen-bond acceptors (Lipinski definition) is 3. The number of carbonyl (C=O) groups excluding carboxylic acids is 2. The van der Waals surface area contributed by atoms with Gasteiger partial charge in [0.2, 0.25) is 5.91 Å². The van der Waals surface area contributed by atoms with Crippen molar-refractivity contribution in [2.45, 2.75) is 38.3 Å². The van der Waals surface area contributed by atoms with Gasteiger partial charge in [-0.1, -0.05) is 6.07 Å². The number of hydrogen-bond donors (Lipinski definition) is 2. The first-order valence-corrected chi connectivity index (χ1v) is 6.97. The van der Waals surface area contributed by atoms with Crippen molar-refractivity contribution in [2.75, 3.05) is 6.54 Å². The molecule has 1 aliphatic rings. The molecule has 5 nitrogen and oxygen atoms in total. The van der Waals surface area contributed by atoms with Crippen LogP contribution in [0, 0.1) is 0 Å². The molecule has 1 heterocycles. The lowest BCUT2D eigenvalue weighted by Crippen LogP contribution is -2.51. The molecule has 21 heavy (non-hydrogen) atoms. The molecule has 0 bridgehead atoms. The lowest BCUT2D eigenvalue weighted by atomic mass is 9.96. The molecule has 2 unspecified atom stereocenters. The summed E-state index contributed by atoms with van der Waals surface area (Å²) < 4.78 is 0. The summed E-state index contributed by atoms with van der Waals surface area (Å²) in [6.07, 6.45) is 3.01. The minimum absolute atomic E-state index is 0. The van der Waals surface area contributed by atoms with E-state index in [-0.39, 0.29) is 30.4 Å². The third-order valence-electron chi connectivity index (χ3n) is 3.81. The maximum absolute atomic E-state index is 12.6.